The Morgan fingerprint density at radius 1 is 1.21 bits per heavy atom. The summed E-state index contributed by atoms with van der Waals surface area (Å²) >= 11 is 0. The van der Waals surface area contributed by atoms with Gasteiger partial charge in [-0.25, -0.2) is 13.6 Å². The zero-order chi connectivity index (χ0) is 17.0. The highest BCUT2D eigenvalue weighted by Crippen LogP contribution is 2.26. The molecule has 0 bridgehead atoms. The van der Waals surface area contributed by atoms with Gasteiger partial charge in [0.2, 0.25) is 0 Å². The third-order valence-electron chi connectivity index (χ3n) is 4.52. The molecule has 0 saturated carbocycles. The lowest BCUT2D eigenvalue weighted by atomic mass is 9.95. The smallest absolute Gasteiger partial charge is 0.319 e. The van der Waals surface area contributed by atoms with Gasteiger partial charge in [0.05, 0.1) is 31.0 Å². The van der Waals surface area contributed by atoms with Crippen LogP contribution in [-0.4, -0.2) is 62.5 Å². The molecule has 6 nitrogen and oxygen atoms in total. The van der Waals surface area contributed by atoms with Gasteiger partial charge in [0, 0.05) is 32.3 Å². The Labute approximate surface area is 139 Å². The van der Waals surface area contributed by atoms with Gasteiger partial charge in [-0.2, -0.15) is 0 Å². The van der Waals surface area contributed by atoms with Crippen molar-refractivity contribution < 1.29 is 23.0 Å². The van der Waals surface area contributed by atoms with Gasteiger partial charge >= 0.3 is 6.03 Å². The second kappa shape index (κ2) is 7.42. The monoisotopic (exact) mass is 341 g/mol. The number of hydrogen-bond donors (Lipinski definition) is 2. The Hall–Kier alpha value is -1.77. The lowest BCUT2D eigenvalue weighted by Gasteiger charge is -2.42. The van der Waals surface area contributed by atoms with Crippen molar-refractivity contribution in [1.82, 2.24) is 10.2 Å². The lowest BCUT2D eigenvalue weighted by Crippen LogP contribution is -2.59. The van der Waals surface area contributed by atoms with Crippen LogP contribution < -0.4 is 10.6 Å². The summed E-state index contributed by atoms with van der Waals surface area (Å²) in [6, 6.07) is 2.36. The van der Waals surface area contributed by atoms with E-state index in [1.165, 1.54) is 0 Å². The van der Waals surface area contributed by atoms with Crippen LogP contribution in [0.5, 0.6) is 0 Å². The number of nitrogens with zero attached hydrogens (tertiary/aromatic N) is 1. The molecule has 24 heavy (non-hydrogen) atoms. The maximum atomic E-state index is 13.6. The molecule has 1 aromatic carbocycles. The van der Waals surface area contributed by atoms with Crippen molar-refractivity contribution in [2.75, 3.05) is 51.4 Å². The predicted octanol–water partition coefficient (Wildman–Crippen LogP) is 1.58. The van der Waals surface area contributed by atoms with Crippen LogP contribution in [0.15, 0.2) is 18.2 Å². The summed E-state index contributed by atoms with van der Waals surface area (Å²) in [6.45, 7) is 4.41. The Morgan fingerprint density at radius 2 is 2.00 bits per heavy atom. The van der Waals surface area contributed by atoms with Crippen molar-refractivity contribution >= 4 is 11.7 Å². The summed E-state index contributed by atoms with van der Waals surface area (Å²) in [5.74, 6) is -1.29. The van der Waals surface area contributed by atoms with Gasteiger partial charge in [-0.15, -0.1) is 0 Å². The number of morpholine rings is 1. The van der Waals surface area contributed by atoms with E-state index >= 15 is 0 Å². The first-order chi connectivity index (χ1) is 11.6. The fourth-order valence-electron chi connectivity index (χ4n) is 3.14. The highest BCUT2D eigenvalue weighted by atomic mass is 19.1. The van der Waals surface area contributed by atoms with Crippen molar-refractivity contribution in [2.24, 2.45) is 0 Å². The standard InChI is InChI=1S/C16H21F2N3O3/c17-12-1-2-13(18)14(9-12)20-15(22)19-10-16(3-6-24-11-16)21-4-7-23-8-5-21/h1-2,9H,3-8,10-11H2,(H2,19,20,22). The molecule has 0 aromatic heterocycles. The molecule has 1 atom stereocenters. The molecule has 1 aromatic rings. The molecule has 2 aliphatic heterocycles. The van der Waals surface area contributed by atoms with Gasteiger partial charge in [-0.1, -0.05) is 0 Å². The molecule has 1 unspecified atom stereocenters. The van der Waals surface area contributed by atoms with Crippen LogP contribution in [0.3, 0.4) is 0 Å². The van der Waals surface area contributed by atoms with Crippen molar-refractivity contribution in [3.8, 4) is 0 Å². The van der Waals surface area contributed by atoms with Gasteiger partial charge in [-0.3, -0.25) is 4.90 Å². The minimum absolute atomic E-state index is 0.185. The van der Waals surface area contributed by atoms with E-state index in [0.717, 1.165) is 37.7 Å². The Balaban J connectivity index is 1.60. The van der Waals surface area contributed by atoms with E-state index in [1.807, 2.05) is 0 Å². The van der Waals surface area contributed by atoms with E-state index in [4.69, 9.17) is 9.47 Å². The number of rotatable bonds is 4. The molecule has 2 aliphatic rings. The summed E-state index contributed by atoms with van der Waals surface area (Å²) in [6.07, 6.45) is 0.807. The number of ether oxygens (including phenoxy) is 2. The van der Waals surface area contributed by atoms with Crippen LogP contribution in [0.1, 0.15) is 6.42 Å². The number of carbonyl (C=O) groups excluding carboxylic acids is 1. The maximum Gasteiger partial charge on any atom is 0.319 e. The third kappa shape index (κ3) is 3.82. The van der Waals surface area contributed by atoms with Crippen LogP contribution in [0.4, 0.5) is 19.3 Å². The number of halogens is 2. The highest BCUT2D eigenvalue weighted by Gasteiger charge is 2.41. The molecule has 132 valence electrons. The lowest BCUT2D eigenvalue weighted by molar-refractivity contribution is -0.0245. The van der Waals surface area contributed by atoms with Crippen molar-refractivity contribution in [1.29, 1.82) is 0 Å². The van der Waals surface area contributed by atoms with Crippen LogP contribution in [0.2, 0.25) is 0 Å². The fourth-order valence-corrected chi connectivity index (χ4v) is 3.14. The average Bonchev–Trinajstić information content (AvgIpc) is 3.07. The third-order valence-corrected chi connectivity index (χ3v) is 4.52. The zero-order valence-corrected chi connectivity index (χ0v) is 13.3. The molecule has 2 fully saturated rings. The predicted molar refractivity (Wildman–Crippen MR) is 83.9 cm³/mol. The second-order valence-electron chi connectivity index (χ2n) is 6.06. The Bertz CT molecular complexity index is 588. The first-order valence-corrected chi connectivity index (χ1v) is 8.00. The molecule has 8 heteroatoms. The molecule has 2 N–H and O–H groups in total. The number of benzene rings is 1. The van der Waals surface area contributed by atoms with E-state index in [-0.39, 0.29) is 11.2 Å². The van der Waals surface area contributed by atoms with Crippen LogP contribution in [0.25, 0.3) is 0 Å². The van der Waals surface area contributed by atoms with Crippen LogP contribution in [-0.2, 0) is 9.47 Å². The fraction of sp³-hybridized carbons (Fsp3) is 0.562. The van der Waals surface area contributed by atoms with Gasteiger partial charge < -0.3 is 20.1 Å². The number of amides is 2. The van der Waals surface area contributed by atoms with Crippen molar-refractivity contribution in [2.45, 2.75) is 12.0 Å². The number of hydrogen-bond acceptors (Lipinski definition) is 4. The van der Waals surface area contributed by atoms with Crippen LogP contribution in [0, 0.1) is 11.6 Å². The average molecular weight is 341 g/mol. The van der Waals surface area contributed by atoms with Gasteiger partial charge in [-0.05, 0) is 18.6 Å². The number of carbonyl (C=O) groups is 1. The highest BCUT2D eigenvalue weighted by molar-refractivity contribution is 5.89. The Kier molecular flexibility index (Phi) is 5.27. The molecule has 2 heterocycles. The number of urea groups is 1. The van der Waals surface area contributed by atoms with E-state index in [1.54, 1.807) is 0 Å². The van der Waals surface area contributed by atoms with Gasteiger partial charge in [0.15, 0.2) is 0 Å². The molecule has 0 radical (unpaired) electrons. The normalized spacial score (nSPS) is 24.8. The van der Waals surface area contributed by atoms with E-state index in [2.05, 4.69) is 15.5 Å². The molecule has 2 amide bonds. The minimum Gasteiger partial charge on any atom is -0.379 e. The Morgan fingerprint density at radius 3 is 2.71 bits per heavy atom. The molecular formula is C16H21F2N3O3. The molecule has 2 saturated heterocycles. The van der Waals surface area contributed by atoms with Crippen molar-refractivity contribution in [3.05, 3.63) is 29.8 Å². The summed E-state index contributed by atoms with van der Waals surface area (Å²) in [5, 5.41) is 5.10. The topological polar surface area (TPSA) is 62.8 Å². The summed E-state index contributed by atoms with van der Waals surface area (Å²) in [5.41, 5.74) is -0.461. The summed E-state index contributed by atoms with van der Waals surface area (Å²) < 4.78 is 37.7. The number of anilines is 1. The molecule has 3 rings (SSSR count). The minimum atomic E-state index is -0.682. The first-order valence-electron chi connectivity index (χ1n) is 8.00. The zero-order valence-electron chi connectivity index (χ0n) is 13.3. The van der Waals surface area contributed by atoms with Gasteiger partial charge in [0.1, 0.15) is 11.6 Å². The van der Waals surface area contributed by atoms with Crippen LogP contribution >= 0.6 is 0 Å². The van der Waals surface area contributed by atoms with Crippen molar-refractivity contribution in [3.63, 3.8) is 0 Å². The largest absolute Gasteiger partial charge is 0.379 e. The SMILES string of the molecule is O=C(NCC1(N2CCOCC2)CCOC1)Nc1cc(F)ccc1F. The summed E-state index contributed by atoms with van der Waals surface area (Å²) in [4.78, 5) is 14.3. The number of nitrogens with one attached hydrogen (secondary N) is 2. The quantitative estimate of drug-likeness (QED) is 0.873. The summed E-state index contributed by atoms with van der Waals surface area (Å²) in [7, 11) is 0. The molecule has 0 aliphatic carbocycles. The van der Waals surface area contributed by atoms with E-state index in [9.17, 15) is 13.6 Å². The molecular weight excluding hydrogens is 320 g/mol. The second-order valence-corrected chi connectivity index (χ2v) is 6.06. The first kappa shape index (κ1) is 17.1. The maximum absolute atomic E-state index is 13.6. The van der Waals surface area contributed by atoms with E-state index < -0.39 is 17.7 Å². The van der Waals surface area contributed by atoms with E-state index in [0.29, 0.717) is 33.0 Å². The van der Waals surface area contributed by atoms with Gasteiger partial charge in [0.25, 0.3) is 0 Å². The molecule has 0 spiro atoms.